The van der Waals surface area contributed by atoms with Crippen molar-refractivity contribution in [1.29, 1.82) is 0 Å². The van der Waals surface area contributed by atoms with Crippen LogP contribution in [0.1, 0.15) is 151 Å². The number of nitrogens with zero attached hydrogens (tertiary/aromatic N) is 2. The summed E-state index contributed by atoms with van der Waals surface area (Å²) in [7, 11) is 3.33. The van der Waals surface area contributed by atoms with E-state index in [2.05, 4.69) is 58.2 Å². The lowest BCUT2D eigenvalue weighted by Gasteiger charge is -2.31. The number of primary amides is 2. The quantitative estimate of drug-likeness (QED) is 0.0168. The molecule has 15 N–H and O–H groups in total. The second kappa shape index (κ2) is 48.4. The number of Topliss-reactive ketones (excluding diaryl/α,β-unsaturated/α-hetero) is 2. The van der Waals surface area contributed by atoms with Gasteiger partial charge in [0.2, 0.25) is 41.4 Å². The number of carbonyl (C=O) groups excluding carboxylic acids is 9. The molecule has 0 saturated carbocycles. The van der Waals surface area contributed by atoms with E-state index in [0.29, 0.717) is 108 Å². The highest BCUT2D eigenvalue weighted by Crippen LogP contribution is 2.18. The standard InChI is InChI=1S/C57H107N13O15/c1-41(69-80)56(3,4)67-37-43(38-68-57(5,6)42(2)70-81)35-45(71)18-15-19-46(72)36-44(55(79)66-26-14-11-21-48(61-8)54(59)78)17-9-12-24-62-49(73)22-16-23-50(74)64-27-29-82-31-34-85-40-52(76)65-28-30-83-32-33-84-39-51(75)63-25-13-10-20-47(60-7)53(58)77/h43-44,47-48,60-61,67-68,80-81H,9-40H2,1-8H3,(H2,58,77)(H2,59,78)(H,62,73)(H,63,75)(H,64,74)(H,65,76)(H,66,79)/b69-41+,70-42+/t44-,47+,48+/m1/s1. The van der Waals surface area contributed by atoms with Crippen molar-refractivity contribution in [2.24, 2.45) is 33.6 Å². The Bertz CT molecular complexity index is 1990. The number of likely N-dealkylation sites (N-methyl/N-ethyl adjacent to an activating group) is 2. The van der Waals surface area contributed by atoms with Crippen LogP contribution in [0.4, 0.5) is 0 Å². The minimum atomic E-state index is -0.647. The summed E-state index contributed by atoms with van der Waals surface area (Å²) >= 11 is 0. The molecule has 0 aliphatic carbocycles. The monoisotopic (exact) mass is 1210 g/mol. The van der Waals surface area contributed by atoms with E-state index in [9.17, 15) is 53.6 Å². The molecule has 0 saturated heterocycles. The number of hydrogen-bond donors (Lipinski definition) is 13. The van der Waals surface area contributed by atoms with Crippen LogP contribution < -0.4 is 59.3 Å². The van der Waals surface area contributed by atoms with Crippen LogP contribution >= 0.6 is 0 Å². The fraction of sp³-hybridized carbons (Fsp3) is 0.807. The maximum Gasteiger partial charge on any atom is 0.246 e. The minimum Gasteiger partial charge on any atom is -0.411 e. The van der Waals surface area contributed by atoms with Gasteiger partial charge in [0.05, 0.1) is 74.2 Å². The summed E-state index contributed by atoms with van der Waals surface area (Å²) in [5, 5.41) is 51.8. The Hall–Kier alpha value is -5.75. The number of nitrogens with two attached hydrogens (primary N) is 2. The summed E-state index contributed by atoms with van der Waals surface area (Å²) < 4.78 is 21.5. The van der Waals surface area contributed by atoms with Crippen molar-refractivity contribution in [1.82, 2.24) is 47.9 Å². The summed E-state index contributed by atoms with van der Waals surface area (Å²) in [5.41, 5.74) is 10.4. The molecule has 0 spiro atoms. The van der Waals surface area contributed by atoms with Gasteiger partial charge < -0.3 is 88.7 Å². The number of unbranched alkanes of at least 4 members (excludes halogenated alkanes) is 3. The van der Waals surface area contributed by atoms with Gasteiger partial charge in [-0.05, 0) is 126 Å². The molecule has 0 heterocycles. The molecular weight excluding hydrogens is 1110 g/mol. The Balaban J connectivity index is 4.60. The number of amides is 7. The lowest BCUT2D eigenvalue weighted by molar-refractivity contribution is -0.130. The van der Waals surface area contributed by atoms with Crippen molar-refractivity contribution in [2.75, 3.05) is 113 Å². The number of nitrogens with one attached hydrogen (secondary N) is 9. The second-order valence-corrected chi connectivity index (χ2v) is 22.1. The van der Waals surface area contributed by atoms with Crippen LogP contribution in [0, 0.1) is 11.8 Å². The number of carbonyl (C=O) groups is 9. The first-order valence-electron chi connectivity index (χ1n) is 29.9. The third kappa shape index (κ3) is 41.9. The van der Waals surface area contributed by atoms with E-state index in [0.717, 1.165) is 6.42 Å². The van der Waals surface area contributed by atoms with Crippen LogP contribution in [-0.2, 0) is 62.1 Å². The molecule has 7 amide bonds. The van der Waals surface area contributed by atoms with E-state index in [1.165, 1.54) is 0 Å². The Morgan fingerprint density at radius 1 is 0.459 bits per heavy atom. The molecule has 0 fully saturated rings. The highest BCUT2D eigenvalue weighted by Gasteiger charge is 2.28. The Kier molecular flexibility index (Phi) is 45.1. The minimum absolute atomic E-state index is 0.00867. The average Bonchev–Trinajstić information content (AvgIpc) is 3.67. The van der Waals surface area contributed by atoms with Crippen molar-refractivity contribution in [2.45, 2.75) is 174 Å². The van der Waals surface area contributed by atoms with Crippen LogP contribution in [0.2, 0.25) is 0 Å². The molecular formula is C57H107N13O15. The summed E-state index contributed by atoms with van der Waals surface area (Å²) in [5.74, 6) is -3.14. The lowest BCUT2D eigenvalue weighted by atomic mass is 9.92. The van der Waals surface area contributed by atoms with Crippen LogP contribution in [0.5, 0.6) is 0 Å². The first-order chi connectivity index (χ1) is 40.4. The van der Waals surface area contributed by atoms with E-state index < -0.39 is 34.9 Å². The van der Waals surface area contributed by atoms with Gasteiger partial charge in [0, 0.05) is 90.3 Å². The van der Waals surface area contributed by atoms with Gasteiger partial charge >= 0.3 is 0 Å². The number of oxime groups is 2. The van der Waals surface area contributed by atoms with Crippen LogP contribution in [0.15, 0.2) is 10.3 Å². The van der Waals surface area contributed by atoms with Crippen LogP contribution in [0.25, 0.3) is 0 Å². The van der Waals surface area contributed by atoms with Crippen LogP contribution in [-0.4, -0.2) is 211 Å². The molecule has 0 unspecified atom stereocenters. The molecule has 85 heavy (non-hydrogen) atoms. The van der Waals surface area contributed by atoms with Crippen LogP contribution in [0.3, 0.4) is 0 Å². The van der Waals surface area contributed by atoms with Crippen molar-refractivity contribution in [3.05, 3.63) is 0 Å². The molecule has 0 aromatic rings. The number of rotatable bonds is 56. The smallest absolute Gasteiger partial charge is 0.246 e. The zero-order valence-electron chi connectivity index (χ0n) is 52.2. The van der Waals surface area contributed by atoms with Gasteiger partial charge in [-0.2, -0.15) is 0 Å². The summed E-state index contributed by atoms with van der Waals surface area (Å²) in [4.78, 5) is 112. The first-order valence-corrected chi connectivity index (χ1v) is 29.9. The number of ether oxygens (including phenoxy) is 4. The first kappa shape index (κ1) is 79.2. The Labute approximate surface area is 503 Å². The van der Waals surface area contributed by atoms with Crippen molar-refractivity contribution < 1.29 is 72.5 Å². The molecule has 0 aliphatic rings. The predicted octanol–water partition coefficient (Wildman–Crippen LogP) is 0.219. The lowest BCUT2D eigenvalue weighted by Crippen LogP contribution is -2.52. The number of ketones is 2. The Morgan fingerprint density at radius 3 is 1.27 bits per heavy atom. The summed E-state index contributed by atoms with van der Waals surface area (Å²) in [6.07, 6.45) is 6.68. The fourth-order valence-corrected chi connectivity index (χ4v) is 8.25. The molecule has 28 heteroatoms. The zero-order valence-corrected chi connectivity index (χ0v) is 52.2. The summed E-state index contributed by atoms with van der Waals surface area (Å²) in [6.45, 7) is 14.4. The summed E-state index contributed by atoms with van der Waals surface area (Å²) in [6, 6.07) is -0.857. The predicted molar refractivity (Wildman–Crippen MR) is 322 cm³/mol. The van der Waals surface area contributed by atoms with Gasteiger partial charge in [0.15, 0.2) is 0 Å². The molecule has 0 rings (SSSR count). The van der Waals surface area contributed by atoms with Crippen molar-refractivity contribution in [3.8, 4) is 0 Å². The normalized spacial score (nSPS) is 13.2. The van der Waals surface area contributed by atoms with Gasteiger partial charge in [-0.25, -0.2) is 0 Å². The third-order valence-electron chi connectivity index (χ3n) is 14.3. The van der Waals surface area contributed by atoms with E-state index >= 15 is 0 Å². The average molecular weight is 1210 g/mol. The van der Waals surface area contributed by atoms with E-state index in [4.69, 9.17) is 30.4 Å². The van der Waals surface area contributed by atoms with Gasteiger partial charge in [0.25, 0.3) is 0 Å². The molecule has 28 nitrogen and oxygen atoms in total. The molecule has 3 atom stereocenters. The van der Waals surface area contributed by atoms with E-state index in [1.807, 2.05) is 27.7 Å². The van der Waals surface area contributed by atoms with Gasteiger partial charge in [0.1, 0.15) is 24.8 Å². The second-order valence-electron chi connectivity index (χ2n) is 22.1. The molecule has 0 radical (unpaired) electrons. The van der Waals surface area contributed by atoms with Gasteiger partial charge in [-0.15, -0.1) is 0 Å². The number of hydrogen-bond acceptors (Lipinski definition) is 21. The maximum absolute atomic E-state index is 13.4. The molecule has 0 aromatic carbocycles. The van der Waals surface area contributed by atoms with E-state index in [-0.39, 0.29) is 158 Å². The van der Waals surface area contributed by atoms with Gasteiger partial charge in [-0.1, -0.05) is 16.7 Å². The Morgan fingerprint density at radius 2 is 0.835 bits per heavy atom. The highest BCUT2D eigenvalue weighted by molar-refractivity contribution is 5.91. The van der Waals surface area contributed by atoms with Crippen molar-refractivity contribution >= 4 is 64.3 Å². The zero-order chi connectivity index (χ0) is 63.9. The fourth-order valence-electron chi connectivity index (χ4n) is 8.25. The molecule has 0 bridgehead atoms. The topological polar surface area (TPSA) is 416 Å². The van der Waals surface area contributed by atoms with Gasteiger partial charge in [-0.3, -0.25) is 43.2 Å². The third-order valence-corrected chi connectivity index (χ3v) is 14.3. The van der Waals surface area contributed by atoms with Crippen molar-refractivity contribution in [3.63, 3.8) is 0 Å². The molecule has 0 aromatic heterocycles. The molecule has 490 valence electrons. The maximum atomic E-state index is 13.4. The SMILES string of the molecule is CN[C@@H](CCCCNC(=O)COCCOCCNC(=O)COCCOCCNC(=O)CCCC(=O)NCCCC[C@H](CC(=O)CCCC(=O)CC(CNC(C)(C)/C(C)=N/O)CNC(C)(C)/C(C)=N/O)C(=O)NCCCC[C@H](NC)C(N)=O)C(N)=O. The van der Waals surface area contributed by atoms with E-state index in [1.54, 1.807) is 27.9 Å². The largest absolute Gasteiger partial charge is 0.411 e. The molecule has 0 aliphatic heterocycles. The highest BCUT2D eigenvalue weighted by atomic mass is 16.5.